The van der Waals surface area contributed by atoms with E-state index in [1.54, 1.807) is 44.7 Å². The van der Waals surface area contributed by atoms with Crippen LogP contribution in [0.1, 0.15) is 46.1 Å². The number of aryl methyl sites for hydroxylation is 1. The number of anilines is 2. The number of carbonyl (C=O) groups is 3. The lowest BCUT2D eigenvalue weighted by Gasteiger charge is -2.43. The highest BCUT2D eigenvalue weighted by Crippen LogP contribution is 2.69. The smallest absolute Gasteiger partial charge is 0.251 e. The Labute approximate surface area is 294 Å². The molecule has 1 N–H and O–H groups in total. The number of thioether (sulfide) groups is 1. The zero-order chi connectivity index (χ0) is 34.9. The van der Waals surface area contributed by atoms with Gasteiger partial charge in [0.2, 0.25) is 11.8 Å². The molecule has 10 heteroatoms. The number of para-hydroxylation sites is 1. The summed E-state index contributed by atoms with van der Waals surface area (Å²) in [6.07, 6.45) is 4.74. The first-order valence-electron chi connectivity index (χ1n) is 16.9. The first-order chi connectivity index (χ1) is 23.0. The first-order valence-corrected chi connectivity index (χ1v) is 18.2. The molecule has 3 aliphatic heterocycles. The molecule has 3 saturated heterocycles. The number of hydrogen-bond donors (Lipinski definition) is 1. The Morgan fingerprint density at radius 3 is 2.38 bits per heavy atom. The van der Waals surface area contributed by atoms with Gasteiger partial charge >= 0.3 is 0 Å². The van der Waals surface area contributed by atoms with Crippen LogP contribution in [0.25, 0.3) is 0 Å². The van der Waals surface area contributed by atoms with Crippen LogP contribution in [0.2, 0.25) is 5.02 Å². The lowest BCUT2D eigenvalue weighted by Crippen LogP contribution is -2.60. The second-order valence-corrected chi connectivity index (χ2v) is 15.2. The van der Waals surface area contributed by atoms with E-state index in [1.807, 2.05) is 64.1 Å². The molecule has 0 radical (unpaired) electrons. The Kier molecular flexibility index (Phi) is 11.0. The molecule has 3 unspecified atom stereocenters. The molecule has 1 spiro atoms. The van der Waals surface area contributed by atoms with Crippen LogP contribution in [0.3, 0.4) is 0 Å². The van der Waals surface area contributed by atoms with E-state index in [1.165, 1.54) is 0 Å². The van der Waals surface area contributed by atoms with Crippen molar-refractivity contribution in [2.75, 3.05) is 36.1 Å². The molecule has 8 atom stereocenters. The second kappa shape index (κ2) is 14.7. The molecule has 48 heavy (non-hydrogen) atoms. The summed E-state index contributed by atoms with van der Waals surface area (Å²) in [5.41, 5.74) is 2.08. The number of fused-ring (bicyclic) bond motifs is 1. The molecule has 5 rings (SSSR count). The van der Waals surface area contributed by atoms with Crippen LogP contribution in [0.5, 0.6) is 5.75 Å². The van der Waals surface area contributed by atoms with Crippen molar-refractivity contribution in [3.63, 3.8) is 0 Å². The number of halogens is 1. The van der Waals surface area contributed by atoms with Crippen LogP contribution in [0.15, 0.2) is 67.8 Å². The van der Waals surface area contributed by atoms with Gasteiger partial charge in [0.15, 0.2) is 0 Å². The monoisotopic (exact) mass is 693 g/mol. The summed E-state index contributed by atoms with van der Waals surface area (Å²) in [5, 5.41) is 11.1. The van der Waals surface area contributed by atoms with Crippen molar-refractivity contribution in [3.8, 4) is 5.75 Å². The highest BCUT2D eigenvalue weighted by atomic mass is 35.5. The Morgan fingerprint density at radius 1 is 1.12 bits per heavy atom. The fourth-order valence-electron chi connectivity index (χ4n) is 8.25. The van der Waals surface area contributed by atoms with E-state index in [2.05, 4.69) is 20.1 Å². The van der Waals surface area contributed by atoms with Crippen LogP contribution >= 0.6 is 23.4 Å². The van der Waals surface area contributed by atoms with Gasteiger partial charge in [-0.2, -0.15) is 0 Å². The van der Waals surface area contributed by atoms with E-state index < -0.39 is 28.7 Å². The molecule has 2 aromatic carbocycles. The zero-order valence-electron chi connectivity index (χ0n) is 28.6. The molecule has 3 fully saturated rings. The van der Waals surface area contributed by atoms with Crippen LogP contribution in [-0.2, 0) is 14.4 Å². The summed E-state index contributed by atoms with van der Waals surface area (Å²) >= 11 is 8.37. The Balaban J connectivity index is 1.64. The Hall–Kier alpha value is -3.27. The molecule has 3 heterocycles. The van der Waals surface area contributed by atoms with Gasteiger partial charge in [-0.15, -0.1) is 24.9 Å². The fraction of sp³-hybridized carbons (Fsp3) is 0.500. The minimum Gasteiger partial charge on any atom is -0.494 e. The lowest BCUT2D eigenvalue weighted by molar-refractivity contribution is -0.143. The van der Waals surface area contributed by atoms with E-state index in [0.717, 1.165) is 5.56 Å². The van der Waals surface area contributed by atoms with E-state index in [9.17, 15) is 9.90 Å². The number of rotatable bonds is 14. The molecule has 0 saturated carbocycles. The number of aliphatic hydroxyl groups excluding tert-OH is 1. The van der Waals surface area contributed by atoms with Crippen molar-refractivity contribution < 1.29 is 24.2 Å². The van der Waals surface area contributed by atoms with Crippen molar-refractivity contribution in [3.05, 3.63) is 78.4 Å². The lowest BCUT2D eigenvalue weighted by atomic mass is 9.65. The largest absolute Gasteiger partial charge is 0.494 e. The zero-order valence-corrected chi connectivity index (χ0v) is 30.2. The third-order valence-electron chi connectivity index (χ3n) is 10.6. The molecule has 8 nitrogen and oxygen atoms in total. The summed E-state index contributed by atoms with van der Waals surface area (Å²) in [7, 11) is 0. The first kappa shape index (κ1) is 36.0. The number of carbonyl (C=O) groups excluding carboxylic acids is 3. The van der Waals surface area contributed by atoms with Gasteiger partial charge in [-0.05, 0) is 68.0 Å². The van der Waals surface area contributed by atoms with Crippen molar-refractivity contribution >= 4 is 52.5 Å². The molecule has 0 aromatic heterocycles. The summed E-state index contributed by atoms with van der Waals surface area (Å²) < 4.78 is 4.74. The predicted octanol–water partition coefficient (Wildman–Crippen LogP) is 6.53. The molecular weight excluding hydrogens is 646 g/mol. The number of amides is 3. The predicted molar refractivity (Wildman–Crippen MR) is 195 cm³/mol. The van der Waals surface area contributed by atoms with Gasteiger partial charge in [0.05, 0.1) is 46.5 Å². The van der Waals surface area contributed by atoms with Gasteiger partial charge in [-0.25, -0.2) is 0 Å². The summed E-state index contributed by atoms with van der Waals surface area (Å²) in [4.78, 5) is 50.0. The number of ether oxygens (including phenoxy) is 1. The van der Waals surface area contributed by atoms with Gasteiger partial charge in [0, 0.05) is 24.0 Å². The molecule has 3 amide bonds. The molecule has 2 aromatic rings. The van der Waals surface area contributed by atoms with Gasteiger partial charge in [0.25, 0.3) is 5.91 Å². The summed E-state index contributed by atoms with van der Waals surface area (Å²) in [6.45, 7) is 18.5. The average molecular weight is 694 g/mol. The highest BCUT2D eigenvalue weighted by molar-refractivity contribution is 8.02. The van der Waals surface area contributed by atoms with Crippen molar-refractivity contribution in [2.24, 2.45) is 23.7 Å². The number of nitrogens with zero attached hydrogens (tertiary/aromatic N) is 3. The highest BCUT2D eigenvalue weighted by Gasteiger charge is 2.77. The minimum atomic E-state index is -0.919. The Morgan fingerprint density at radius 2 is 1.79 bits per heavy atom. The summed E-state index contributed by atoms with van der Waals surface area (Å²) in [6, 6.07) is 11.3. The van der Waals surface area contributed by atoms with E-state index >= 15 is 9.59 Å². The minimum absolute atomic E-state index is 0.0445. The van der Waals surface area contributed by atoms with Crippen LogP contribution in [-0.4, -0.2) is 76.1 Å². The number of benzene rings is 2. The van der Waals surface area contributed by atoms with E-state index in [-0.39, 0.29) is 54.5 Å². The maximum absolute atomic E-state index is 15.2. The van der Waals surface area contributed by atoms with Crippen molar-refractivity contribution in [1.29, 1.82) is 0 Å². The average Bonchev–Trinajstić information content (AvgIpc) is 3.67. The van der Waals surface area contributed by atoms with Crippen LogP contribution in [0.4, 0.5) is 11.4 Å². The maximum Gasteiger partial charge on any atom is 0.251 e. The molecule has 258 valence electrons. The third kappa shape index (κ3) is 5.86. The van der Waals surface area contributed by atoms with Crippen molar-refractivity contribution in [2.45, 2.75) is 69.5 Å². The van der Waals surface area contributed by atoms with Gasteiger partial charge in [-0.1, -0.05) is 63.1 Å². The standard InChI is InChI=1S/C38H48ClN3O5S/c1-8-19-40(26-15-17-27(18-16-26)47-11-4)35(44)31-30-21-25(7)38(48-30)32(31)36(45)42(29(22-43)23(5)10-3)34(38)37(46)41(20-9-2)33-24(6)13-12-14-28(33)39/h8-9,12-18,23,25,29-32,34,43H,1-2,10-11,19-22H2,3-7H3/t23-,25?,29-,30-,31+,32-,34?,38?/m0/s1. The van der Waals surface area contributed by atoms with Gasteiger partial charge < -0.3 is 24.5 Å². The van der Waals surface area contributed by atoms with Crippen molar-refractivity contribution in [1.82, 2.24) is 4.90 Å². The van der Waals surface area contributed by atoms with Gasteiger partial charge in [-0.3, -0.25) is 14.4 Å². The molecular formula is C38H48ClN3O5S. The fourth-order valence-corrected chi connectivity index (χ4v) is 11.0. The number of aliphatic hydroxyl groups is 1. The number of hydrogen-bond acceptors (Lipinski definition) is 6. The third-order valence-corrected chi connectivity index (χ3v) is 13.0. The molecule has 2 bridgehead atoms. The number of likely N-dealkylation sites (tertiary alicyclic amines) is 1. The SMILES string of the molecule is C=CCN(C(=O)[C@@H]1[C@@H]2CC(C)C3(S2)C(C(=O)N(CC=C)c2c(C)cccc2Cl)N([C@@H](CO)[C@@H](C)CC)C(=O)[C@H]13)c1ccc(OCC)cc1. The topological polar surface area (TPSA) is 90.4 Å². The van der Waals surface area contributed by atoms with E-state index in [0.29, 0.717) is 41.6 Å². The maximum atomic E-state index is 15.2. The van der Waals surface area contributed by atoms with Crippen LogP contribution in [0, 0.1) is 30.6 Å². The molecule has 0 aliphatic carbocycles. The van der Waals surface area contributed by atoms with Gasteiger partial charge in [0.1, 0.15) is 11.8 Å². The normalized spacial score (nSPS) is 26.9. The quantitative estimate of drug-likeness (QED) is 0.227. The summed E-state index contributed by atoms with van der Waals surface area (Å²) in [5.74, 6) is -1.51. The Bertz CT molecular complexity index is 1530. The molecule has 3 aliphatic rings. The van der Waals surface area contributed by atoms with E-state index in [4.69, 9.17) is 16.3 Å². The second-order valence-electron chi connectivity index (χ2n) is 13.2. The van der Waals surface area contributed by atoms with Crippen LogP contribution < -0.4 is 14.5 Å².